The number of thiophene rings is 1. The number of rotatable bonds is 7. The zero-order valence-corrected chi connectivity index (χ0v) is 19.4. The molecule has 1 aromatic heterocycles. The molecule has 1 aliphatic rings. The number of ketones is 1. The van der Waals surface area contributed by atoms with Crippen molar-refractivity contribution in [3.63, 3.8) is 0 Å². The van der Waals surface area contributed by atoms with E-state index in [0.29, 0.717) is 18.0 Å². The van der Waals surface area contributed by atoms with Crippen LogP contribution in [0.25, 0.3) is 10.1 Å². The van der Waals surface area contributed by atoms with Gasteiger partial charge in [0.25, 0.3) is 0 Å². The van der Waals surface area contributed by atoms with Gasteiger partial charge in [-0.25, -0.2) is 13.2 Å². The monoisotopic (exact) mass is 473 g/mol. The maximum absolute atomic E-state index is 13.0. The lowest BCUT2D eigenvalue weighted by atomic mass is 10.1. The van der Waals surface area contributed by atoms with E-state index < -0.39 is 22.6 Å². The molecule has 2 heterocycles. The first-order chi connectivity index (χ1) is 15.3. The van der Waals surface area contributed by atoms with E-state index in [0.717, 1.165) is 28.5 Å². The lowest BCUT2D eigenvalue weighted by molar-refractivity contribution is 0.0475. The standard InChI is InChI=1S/C23H23NO6S2/c1-15-17-7-3-4-8-20(17)31-22(15)18(25)14-30-23(26)16-9-10-19(29-2)21(13-16)32(27,28)24-11-5-6-12-24/h3-4,7-10,13H,5-6,11-12,14H2,1-2H3. The Morgan fingerprint density at radius 2 is 1.81 bits per heavy atom. The zero-order chi connectivity index (χ0) is 22.9. The third-order valence-electron chi connectivity index (χ3n) is 5.51. The Hall–Kier alpha value is -2.75. The molecule has 2 aromatic carbocycles. The predicted octanol–water partition coefficient (Wildman–Crippen LogP) is 4.04. The van der Waals surface area contributed by atoms with Gasteiger partial charge in [0, 0.05) is 17.8 Å². The molecular formula is C23H23NO6S2. The molecule has 0 unspecified atom stereocenters. The van der Waals surface area contributed by atoms with Crippen molar-refractivity contribution < 1.29 is 27.5 Å². The molecule has 9 heteroatoms. The number of esters is 1. The predicted molar refractivity (Wildman–Crippen MR) is 122 cm³/mol. The van der Waals surface area contributed by atoms with Crippen molar-refractivity contribution >= 4 is 43.2 Å². The van der Waals surface area contributed by atoms with Gasteiger partial charge in [0.2, 0.25) is 15.8 Å². The molecule has 1 saturated heterocycles. The van der Waals surface area contributed by atoms with Crippen LogP contribution in [0.15, 0.2) is 47.4 Å². The summed E-state index contributed by atoms with van der Waals surface area (Å²) in [5, 5.41) is 0.999. The summed E-state index contributed by atoms with van der Waals surface area (Å²) in [6, 6.07) is 11.8. The number of aryl methyl sites for hydroxylation is 1. The third kappa shape index (κ3) is 4.15. The minimum atomic E-state index is -3.80. The molecule has 0 N–H and O–H groups in total. The number of fused-ring (bicyclic) bond motifs is 1. The molecule has 7 nitrogen and oxygen atoms in total. The fourth-order valence-corrected chi connectivity index (χ4v) is 6.63. The zero-order valence-electron chi connectivity index (χ0n) is 17.8. The van der Waals surface area contributed by atoms with Crippen LogP contribution in [0.5, 0.6) is 5.75 Å². The van der Waals surface area contributed by atoms with Gasteiger partial charge in [0.05, 0.1) is 17.6 Å². The Morgan fingerprint density at radius 1 is 1.09 bits per heavy atom. The quantitative estimate of drug-likeness (QED) is 0.380. The summed E-state index contributed by atoms with van der Waals surface area (Å²) in [7, 11) is -2.42. The van der Waals surface area contributed by atoms with Gasteiger partial charge >= 0.3 is 5.97 Å². The van der Waals surface area contributed by atoms with Gasteiger partial charge in [-0.05, 0) is 55.0 Å². The van der Waals surface area contributed by atoms with Crippen molar-refractivity contribution in [1.82, 2.24) is 4.31 Å². The van der Waals surface area contributed by atoms with E-state index >= 15 is 0 Å². The van der Waals surface area contributed by atoms with Crippen molar-refractivity contribution in [2.24, 2.45) is 0 Å². The first-order valence-electron chi connectivity index (χ1n) is 10.2. The summed E-state index contributed by atoms with van der Waals surface area (Å²) in [4.78, 5) is 25.8. The Balaban J connectivity index is 1.53. The average Bonchev–Trinajstić information content (AvgIpc) is 3.46. The summed E-state index contributed by atoms with van der Waals surface area (Å²) in [6.07, 6.45) is 1.59. The molecule has 32 heavy (non-hydrogen) atoms. The van der Waals surface area contributed by atoms with E-state index in [1.807, 2.05) is 31.2 Å². The van der Waals surface area contributed by atoms with Crippen molar-refractivity contribution in [2.45, 2.75) is 24.7 Å². The van der Waals surface area contributed by atoms with Crippen molar-refractivity contribution in [2.75, 3.05) is 26.8 Å². The SMILES string of the molecule is COc1ccc(C(=O)OCC(=O)c2sc3ccccc3c2C)cc1S(=O)(=O)N1CCCC1. The number of hydrogen-bond donors (Lipinski definition) is 0. The van der Waals surface area contributed by atoms with E-state index in [2.05, 4.69) is 0 Å². The minimum absolute atomic E-state index is 0.0458. The highest BCUT2D eigenvalue weighted by Gasteiger charge is 2.31. The van der Waals surface area contributed by atoms with E-state index in [1.165, 1.54) is 41.0 Å². The Morgan fingerprint density at radius 3 is 2.50 bits per heavy atom. The molecule has 168 valence electrons. The number of sulfonamides is 1. The Kier molecular flexibility index (Phi) is 6.32. The Labute approximate surface area is 190 Å². The average molecular weight is 474 g/mol. The molecule has 0 bridgehead atoms. The smallest absolute Gasteiger partial charge is 0.338 e. The number of hydrogen-bond acceptors (Lipinski definition) is 7. The van der Waals surface area contributed by atoms with Crippen LogP contribution in [0, 0.1) is 6.92 Å². The molecule has 1 fully saturated rings. The largest absolute Gasteiger partial charge is 0.495 e. The number of nitrogens with zero attached hydrogens (tertiary/aromatic N) is 1. The molecule has 0 radical (unpaired) electrons. The van der Waals surface area contributed by atoms with Gasteiger partial charge in [-0.1, -0.05) is 18.2 Å². The van der Waals surface area contributed by atoms with Gasteiger partial charge in [0.15, 0.2) is 6.61 Å². The lowest BCUT2D eigenvalue weighted by Gasteiger charge is -2.18. The number of carbonyl (C=O) groups is 2. The second-order valence-electron chi connectivity index (χ2n) is 7.53. The van der Waals surface area contributed by atoms with Crippen LogP contribution in [0.3, 0.4) is 0 Å². The van der Waals surface area contributed by atoms with Crippen LogP contribution < -0.4 is 4.74 Å². The molecule has 0 saturated carbocycles. The van der Waals surface area contributed by atoms with Crippen LogP contribution in [0.2, 0.25) is 0 Å². The van der Waals surface area contributed by atoms with Crippen molar-refractivity contribution in [1.29, 1.82) is 0 Å². The lowest BCUT2D eigenvalue weighted by Crippen LogP contribution is -2.28. The van der Waals surface area contributed by atoms with Crippen LogP contribution >= 0.6 is 11.3 Å². The highest BCUT2D eigenvalue weighted by Crippen LogP contribution is 2.32. The van der Waals surface area contributed by atoms with Crippen molar-refractivity contribution in [3.05, 3.63) is 58.5 Å². The second-order valence-corrected chi connectivity index (χ2v) is 10.5. The second kappa shape index (κ2) is 9.01. The fraction of sp³-hybridized carbons (Fsp3) is 0.304. The van der Waals surface area contributed by atoms with E-state index in [4.69, 9.17) is 9.47 Å². The first-order valence-corrected chi connectivity index (χ1v) is 12.4. The number of ether oxygens (including phenoxy) is 2. The molecule has 4 rings (SSSR count). The van der Waals surface area contributed by atoms with Crippen LogP contribution in [-0.2, 0) is 14.8 Å². The van der Waals surface area contributed by atoms with Gasteiger partial charge < -0.3 is 9.47 Å². The Bertz CT molecular complexity index is 1290. The molecule has 1 aliphatic heterocycles. The number of benzene rings is 2. The first kappa shape index (κ1) is 22.4. The number of carbonyl (C=O) groups excluding carboxylic acids is 2. The van der Waals surface area contributed by atoms with E-state index in [9.17, 15) is 18.0 Å². The molecule has 3 aromatic rings. The summed E-state index contributed by atoms with van der Waals surface area (Å²) < 4.78 is 38.8. The van der Waals surface area contributed by atoms with Gasteiger partial charge in [0.1, 0.15) is 10.6 Å². The maximum atomic E-state index is 13.0. The summed E-state index contributed by atoms with van der Waals surface area (Å²) in [5.74, 6) is -0.904. The molecular weight excluding hydrogens is 450 g/mol. The van der Waals surface area contributed by atoms with Gasteiger partial charge in [-0.15, -0.1) is 11.3 Å². The van der Waals surface area contributed by atoms with Crippen LogP contribution in [0.4, 0.5) is 0 Å². The number of Topliss-reactive ketones (excluding diaryl/α,β-unsaturated/α-hetero) is 1. The third-order valence-corrected chi connectivity index (χ3v) is 8.75. The van der Waals surface area contributed by atoms with E-state index in [1.54, 1.807) is 0 Å². The van der Waals surface area contributed by atoms with Crippen LogP contribution in [-0.4, -0.2) is 51.3 Å². The molecule has 0 aliphatic carbocycles. The van der Waals surface area contributed by atoms with Gasteiger partial charge in [-0.3, -0.25) is 4.79 Å². The topological polar surface area (TPSA) is 90.0 Å². The summed E-state index contributed by atoms with van der Waals surface area (Å²) in [5.41, 5.74) is 0.902. The maximum Gasteiger partial charge on any atom is 0.338 e. The summed E-state index contributed by atoms with van der Waals surface area (Å²) >= 11 is 1.36. The molecule has 0 atom stereocenters. The van der Waals surface area contributed by atoms with E-state index in [-0.39, 0.29) is 22.0 Å². The van der Waals surface area contributed by atoms with Crippen molar-refractivity contribution in [3.8, 4) is 5.75 Å². The summed E-state index contributed by atoms with van der Waals surface area (Å²) in [6.45, 7) is 2.31. The van der Waals surface area contributed by atoms with Gasteiger partial charge in [-0.2, -0.15) is 4.31 Å². The minimum Gasteiger partial charge on any atom is -0.495 e. The highest BCUT2D eigenvalue weighted by molar-refractivity contribution is 7.89. The number of methoxy groups -OCH3 is 1. The van der Waals surface area contributed by atoms with Crippen LogP contribution in [0.1, 0.15) is 38.4 Å². The normalized spacial score (nSPS) is 14.6. The molecule has 0 amide bonds. The fourth-order valence-electron chi connectivity index (χ4n) is 3.79. The molecule has 0 spiro atoms. The highest BCUT2D eigenvalue weighted by atomic mass is 32.2.